The first-order valence-electron chi connectivity index (χ1n) is 3.97. The van der Waals surface area contributed by atoms with Gasteiger partial charge < -0.3 is 16.4 Å². The number of halogens is 1. The van der Waals surface area contributed by atoms with Gasteiger partial charge >= 0.3 is 0 Å². The second-order valence-corrected chi connectivity index (χ2v) is 2.99. The number of hydrogen-bond donors (Lipinski definition) is 3. The standard InChI is InChI=1S/C7H15N3O.ClH/c1-5(8)7(11)10-6-2-3-9-4-6;/h5-6,9H,2-4,8H2,1H3,(H,10,11);1H/t5-,6?;/m1./s1. The molecule has 1 amide bonds. The number of hydrogen-bond acceptors (Lipinski definition) is 3. The molecule has 0 spiro atoms. The summed E-state index contributed by atoms with van der Waals surface area (Å²) in [6, 6.07) is -0.107. The maximum Gasteiger partial charge on any atom is 0.236 e. The van der Waals surface area contributed by atoms with Crippen molar-refractivity contribution in [1.29, 1.82) is 0 Å². The van der Waals surface area contributed by atoms with Gasteiger partial charge in [0, 0.05) is 12.6 Å². The number of carbonyl (C=O) groups excluding carboxylic acids is 1. The molecule has 1 heterocycles. The Balaban J connectivity index is 0.00000121. The Kier molecular flexibility index (Phi) is 5.20. The fourth-order valence-electron chi connectivity index (χ4n) is 1.11. The van der Waals surface area contributed by atoms with Crippen LogP contribution in [0, 0.1) is 0 Å². The zero-order valence-electron chi connectivity index (χ0n) is 7.17. The highest BCUT2D eigenvalue weighted by atomic mass is 35.5. The molecule has 1 fully saturated rings. The normalized spacial score (nSPS) is 24.3. The van der Waals surface area contributed by atoms with E-state index in [-0.39, 0.29) is 24.4 Å². The van der Waals surface area contributed by atoms with Crippen molar-refractivity contribution in [3.8, 4) is 0 Å². The highest BCUT2D eigenvalue weighted by molar-refractivity contribution is 5.85. The Labute approximate surface area is 78.7 Å². The molecule has 72 valence electrons. The molecule has 0 aromatic rings. The average Bonchev–Trinajstić information content (AvgIpc) is 2.39. The fraction of sp³-hybridized carbons (Fsp3) is 0.857. The van der Waals surface area contributed by atoms with Gasteiger partial charge in [-0.2, -0.15) is 0 Å². The highest BCUT2D eigenvalue weighted by Gasteiger charge is 2.17. The summed E-state index contributed by atoms with van der Waals surface area (Å²) in [5.41, 5.74) is 5.38. The molecule has 0 aliphatic carbocycles. The lowest BCUT2D eigenvalue weighted by atomic mass is 10.2. The van der Waals surface area contributed by atoms with Gasteiger partial charge in [0.25, 0.3) is 0 Å². The Morgan fingerprint density at radius 2 is 2.42 bits per heavy atom. The number of rotatable bonds is 2. The van der Waals surface area contributed by atoms with Gasteiger partial charge in [-0.25, -0.2) is 0 Å². The molecule has 1 aliphatic heterocycles. The number of carbonyl (C=O) groups is 1. The average molecular weight is 194 g/mol. The molecule has 0 bridgehead atoms. The zero-order valence-corrected chi connectivity index (χ0v) is 7.99. The van der Waals surface area contributed by atoms with E-state index in [1.165, 1.54) is 0 Å². The molecular formula is C7H16ClN3O. The van der Waals surface area contributed by atoms with E-state index in [2.05, 4.69) is 10.6 Å². The summed E-state index contributed by atoms with van der Waals surface area (Å²) in [7, 11) is 0. The Hall–Kier alpha value is -0.320. The summed E-state index contributed by atoms with van der Waals surface area (Å²) < 4.78 is 0. The van der Waals surface area contributed by atoms with Gasteiger partial charge in [0.05, 0.1) is 6.04 Å². The summed E-state index contributed by atoms with van der Waals surface area (Å²) >= 11 is 0. The molecule has 0 aromatic heterocycles. The molecule has 0 radical (unpaired) electrons. The van der Waals surface area contributed by atoms with E-state index in [9.17, 15) is 4.79 Å². The minimum atomic E-state index is -0.393. The van der Waals surface area contributed by atoms with Crippen molar-refractivity contribution in [3.63, 3.8) is 0 Å². The van der Waals surface area contributed by atoms with Crippen LogP contribution in [-0.2, 0) is 4.79 Å². The molecule has 12 heavy (non-hydrogen) atoms. The molecule has 4 nitrogen and oxygen atoms in total. The number of nitrogens with two attached hydrogens (primary N) is 1. The van der Waals surface area contributed by atoms with Crippen LogP contribution in [0.5, 0.6) is 0 Å². The van der Waals surface area contributed by atoms with Crippen LogP contribution in [0.2, 0.25) is 0 Å². The van der Waals surface area contributed by atoms with Crippen LogP contribution < -0.4 is 16.4 Å². The molecule has 4 N–H and O–H groups in total. The van der Waals surface area contributed by atoms with E-state index in [0.717, 1.165) is 19.5 Å². The van der Waals surface area contributed by atoms with E-state index in [4.69, 9.17) is 5.73 Å². The zero-order chi connectivity index (χ0) is 8.27. The third-order valence-electron chi connectivity index (χ3n) is 1.82. The monoisotopic (exact) mass is 193 g/mol. The molecule has 1 unspecified atom stereocenters. The third-order valence-corrected chi connectivity index (χ3v) is 1.82. The van der Waals surface area contributed by atoms with Crippen molar-refractivity contribution >= 4 is 18.3 Å². The second kappa shape index (κ2) is 5.35. The van der Waals surface area contributed by atoms with Gasteiger partial charge in [-0.05, 0) is 19.9 Å². The molecular weight excluding hydrogens is 178 g/mol. The van der Waals surface area contributed by atoms with Gasteiger partial charge in [-0.15, -0.1) is 12.4 Å². The highest BCUT2D eigenvalue weighted by Crippen LogP contribution is 1.96. The van der Waals surface area contributed by atoms with Crippen LogP contribution in [0.15, 0.2) is 0 Å². The lowest BCUT2D eigenvalue weighted by Crippen LogP contribution is -2.44. The largest absolute Gasteiger partial charge is 0.351 e. The molecule has 0 saturated carbocycles. The van der Waals surface area contributed by atoms with E-state index >= 15 is 0 Å². The van der Waals surface area contributed by atoms with Crippen molar-refractivity contribution in [2.45, 2.75) is 25.4 Å². The maximum atomic E-state index is 11.0. The maximum absolute atomic E-state index is 11.0. The van der Waals surface area contributed by atoms with Crippen molar-refractivity contribution in [2.24, 2.45) is 5.73 Å². The second-order valence-electron chi connectivity index (χ2n) is 2.99. The summed E-state index contributed by atoms with van der Waals surface area (Å²) in [5, 5.41) is 6.01. The molecule has 1 saturated heterocycles. The van der Waals surface area contributed by atoms with E-state index in [1.807, 2.05) is 0 Å². The topological polar surface area (TPSA) is 67.2 Å². The number of nitrogens with one attached hydrogen (secondary N) is 2. The predicted octanol–water partition coefficient (Wildman–Crippen LogP) is -0.766. The lowest BCUT2D eigenvalue weighted by Gasteiger charge is -2.12. The predicted molar refractivity (Wildman–Crippen MR) is 50.3 cm³/mol. The minimum Gasteiger partial charge on any atom is -0.351 e. The summed E-state index contributed by atoms with van der Waals surface area (Å²) in [4.78, 5) is 11.0. The first-order valence-corrected chi connectivity index (χ1v) is 3.97. The molecule has 5 heteroatoms. The smallest absolute Gasteiger partial charge is 0.236 e. The summed E-state index contributed by atoms with van der Waals surface area (Å²) in [6.45, 7) is 3.56. The molecule has 2 atom stereocenters. The van der Waals surface area contributed by atoms with Crippen LogP contribution in [0.3, 0.4) is 0 Å². The van der Waals surface area contributed by atoms with Gasteiger partial charge in [0.1, 0.15) is 0 Å². The molecule has 1 aliphatic rings. The van der Waals surface area contributed by atoms with E-state index < -0.39 is 6.04 Å². The van der Waals surface area contributed by atoms with Gasteiger partial charge in [0.2, 0.25) is 5.91 Å². The van der Waals surface area contributed by atoms with Crippen LogP contribution >= 0.6 is 12.4 Å². The summed E-state index contributed by atoms with van der Waals surface area (Å²) in [6.07, 6.45) is 1.01. The fourth-order valence-corrected chi connectivity index (χ4v) is 1.11. The van der Waals surface area contributed by atoms with Gasteiger partial charge in [-0.3, -0.25) is 4.79 Å². The van der Waals surface area contributed by atoms with E-state index in [1.54, 1.807) is 6.92 Å². The SMILES string of the molecule is C[C@@H](N)C(=O)NC1CCNC1.Cl. The Bertz CT molecular complexity index is 146. The molecule has 0 aromatic carbocycles. The number of amides is 1. The van der Waals surface area contributed by atoms with Crippen molar-refractivity contribution < 1.29 is 4.79 Å². The first-order chi connectivity index (χ1) is 5.20. The van der Waals surface area contributed by atoms with Gasteiger partial charge in [0.15, 0.2) is 0 Å². The van der Waals surface area contributed by atoms with Crippen LogP contribution in [0.25, 0.3) is 0 Å². The van der Waals surface area contributed by atoms with Crippen LogP contribution in [0.1, 0.15) is 13.3 Å². The van der Waals surface area contributed by atoms with Crippen LogP contribution in [-0.4, -0.2) is 31.1 Å². The van der Waals surface area contributed by atoms with Gasteiger partial charge in [-0.1, -0.05) is 0 Å². The van der Waals surface area contributed by atoms with E-state index in [0.29, 0.717) is 0 Å². The van der Waals surface area contributed by atoms with Crippen molar-refractivity contribution in [3.05, 3.63) is 0 Å². The van der Waals surface area contributed by atoms with Crippen molar-refractivity contribution in [2.75, 3.05) is 13.1 Å². The Morgan fingerprint density at radius 3 is 2.83 bits per heavy atom. The Morgan fingerprint density at radius 1 is 1.75 bits per heavy atom. The third kappa shape index (κ3) is 3.38. The quantitative estimate of drug-likeness (QED) is 0.540. The first kappa shape index (κ1) is 11.7. The van der Waals surface area contributed by atoms with Crippen LogP contribution in [0.4, 0.5) is 0 Å². The lowest BCUT2D eigenvalue weighted by molar-refractivity contribution is -0.122. The summed E-state index contributed by atoms with van der Waals surface area (Å²) in [5.74, 6) is -0.0568. The minimum absolute atomic E-state index is 0. The molecule has 1 rings (SSSR count). The van der Waals surface area contributed by atoms with Crippen molar-refractivity contribution in [1.82, 2.24) is 10.6 Å².